The van der Waals surface area contributed by atoms with Crippen molar-refractivity contribution in [2.75, 3.05) is 11.4 Å². The van der Waals surface area contributed by atoms with E-state index in [2.05, 4.69) is 0 Å². The summed E-state index contributed by atoms with van der Waals surface area (Å²) in [6.07, 6.45) is 0.118. The maximum absolute atomic E-state index is 12.3. The summed E-state index contributed by atoms with van der Waals surface area (Å²) in [6, 6.07) is 14.4. The fourth-order valence-corrected chi connectivity index (χ4v) is 2.61. The number of benzene rings is 2. The van der Waals surface area contributed by atoms with Crippen LogP contribution in [0.2, 0.25) is 0 Å². The molecule has 3 rings (SSSR count). The molecule has 0 unspecified atom stereocenters. The summed E-state index contributed by atoms with van der Waals surface area (Å²) in [7, 11) is 0. The summed E-state index contributed by atoms with van der Waals surface area (Å²) >= 11 is 0. The fourth-order valence-electron chi connectivity index (χ4n) is 2.61. The molecule has 5 nitrogen and oxygen atoms in total. The molecule has 5 heteroatoms. The summed E-state index contributed by atoms with van der Waals surface area (Å²) in [5, 5.41) is 9.28. The molecule has 1 aliphatic rings. The zero-order valence-electron chi connectivity index (χ0n) is 11.9. The quantitative estimate of drug-likeness (QED) is 0.945. The number of aromatic carboxylic acids is 1. The Balaban J connectivity index is 1.78. The zero-order valence-corrected chi connectivity index (χ0v) is 11.9. The van der Waals surface area contributed by atoms with Crippen LogP contribution in [0.4, 0.5) is 10.5 Å². The van der Waals surface area contributed by atoms with E-state index in [-0.39, 0.29) is 12.2 Å². The highest BCUT2D eigenvalue weighted by molar-refractivity contribution is 6.02. The summed E-state index contributed by atoms with van der Waals surface area (Å²) in [5.41, 5.74) is 2.33. The molecule has 2 aromatic rings. The van der Waals surface area contributed by atoms with E-state index >= 15 is 0 Å². The normalized spacial score (nSPS) is 12.8. The molecule has 0 bridgehead atoms. The van der Waals surface area contributed by atoms with Crippen LogP contribution in [0.5, 0.6) is 0 Å². The summed E-state index contributed by atoms with van der Waals surface area (Å²) in [4.78, 5) is 25.0. The molecule has 0 radical (unpaired) electrons. The number of anilines is 1. The summed E-state index contributed by atoms with van der Waals surface area (Å²) in [5.74, 6) is -1.04. The Hall–Kier alpha value is -2.82. The van der Waals surface area contributed by atoms with Crippen LogP contribution in [0.3, 0.4) is 0 Å². The average molecular weight is 297 g/mol. The Morgan fingerprint density at radius 1 is 1.09 bits per heavy atom. The number of ether oxygens (including phenoxy) is 1. The van der Waals surface area contributed by atoms with E-state index in [1.165, 1.54) is 11.0 Å². The second kappa shape index (κ2) is 5.89. The molecule has 0 aliphatic carbocycles. The van der Waals surface area contributed by atoms with Gasteiger partial charge in [0.1, 0.15) is 6.61 Å². The maximum Gasteiger partial charge on any atom is 0.414 e. The van der Waals surface area contributed by atoms with Crippen molar-refractivity contribution in [3.05, 3.63) is 65.2 Å². The van der Waals surface area contributed by atoms with E-state index in [4.69, 9.17) is 4.74 Å². The lowest BCUT2D eigenvalue weighted by molar-refractivity contribution is 0.0697. The first-order valence-corrected chi connectivity index (χ1v) is 7.00. The zero-order chi connectivity index (χ0) is 15.5. The van der Waals surface area contributed by atoms with Crippen LogP contribution >= 0.6 is 0 Å². The van der Waals surface area contributed by atoms with E-state index in [1.807, 2.05) is 36.4 Å². The van der Waals surface area contributed by atoms with E-state index in [0.717, 1.165) is 11.1 Å². The topological polar surface area (TPSA) is 66.8 Å². The number of amides is 1. The predicted molar refractivity (Wildman–Crippen MR) is 81.1 cm³/mol. The van der Waals surface area contributed by atoms with Gasteiger partial charge in [0.2, 0.25) is 0 Å². The van der Waals surface area contributed by atoms with Crippen LogP contribution < -0.4 is 4.90 Å². The Kier molecular flexibility index (Phi) is 3.78. The minimum Gasteiger partial charge on any atom is -0.478 e. The molecule has 1 aliphatic heterocycles. The number of hydrogen-bond donors (Lipinski definition) is 1. The minimum atomic E-state index is -1.04. The predicted octanol–water partition coefficient (Wildman–Crippen LogP) is 3.08. The van der Waals surface area contributed by atoms with Crippen LogP contribution in [0.25, 0.3) is 0 Å². The van der Waals surface area contributed by atoms with Gasteiger partial charge in [-0.05, 0) is 23.6 Å². The van der Waals surface area contributed by atoms with Crippen molar-refractivity contribution in [2.45, 2.75) is 13.0 Å². The Labute approximate surface area is 127 Å². The molecule has 0 spiro atoms. The number of nitrogens with zero attached hydrogens (tertiary/aromatic N) is 1. The molecule has 1 N–H and O–H groups in total. The van der Waals surface area contributed by atoms with Crippen molar-refractivity contribution in [1.82, 2.24) is 0 Å². The molecule has 22 heavy (non-hydrogen) atoms. The molecule has 2 aromatic carbocycles. The highest BCUT2D eigenvalue weighted by Gasteiger charge is 2.30. The number of carbonyl (C=O) groups excluding carboxylic acids is 1. The van der Waals surface area contributed by atoms with Gasteiger partial charge in [0.25, 0.3) is 0 Å². The highest BCUT2D eigenvalue weighted by Crippen LogP contribution is 2.32. The first-order chi connectivity index (χ1) is 10.7. The molecule has 0 saturated carbocycles. The Morgan fingerprint density at radius 2 is 1.86 bits per heavy atom. The van der Waals surface area contributed by atoms with E-state index < -0.39 is 12.1 Å². The lowest BCUT2D eigenvalue weighted by atomic mass is 10.1. The van der Waals surface area contributed by atoms with Gasteiger partial charge >= 0.3 is 12.1 Å². The van der Waals surface area contributed by atoms with E-state index in [1.54, 1.807) is 6.07 Å². The smallest absolute Gasteiger partial charge is 0.414 e. The van der Waals surface area contributed by atoms with Crippen molar-refractivity contribution in [2.24, 2.45) is 0 Å². The Bertz CT molecular complexity index is 712. The van der Waals surface area contributed by atoms with Crippen LogP contribution in [0, 0.1) is 0 Å². The van der Waals surface area contributed by atoms with Crippen molar-refractivity contribution < 1.29 is 19.4 Å². The Morgan fingerprint density at radius 3 is 2.59 bits per heavy atom. The summed E-state index contributed by atoms with van der Waals surface area (Å²) in [6.45, 7) is 0.605. The third-order valence-corrected chi connectivity index (χ3v) is 3.65. The van der Waals surface area contributed by atoms with Gasteiger partial charge in [-0.3, -0.25) is 4.90 Å². The second-order valence-electron chi connectivity index (χ2n) is 5.06. The van der Waals surface area contributed by atoms with Crippen molar-refractivity contribution in [3.8, 4) is 0 Å². The van der Waals surface area contributed by atoms with Crippen LogP contribution in [0.15, 0.2) is 48.5 Å². The van der Waals surface area contributed by atoms with Gasteiger partial charge in [0.15, 0.2) is 0 Å². The molecular weight excluding hydrogens is 282 g/mol. The van der Waals surface area contributed by atoms with Gasteiger partial charge in [0.05, 0.1) is 11.3 Å². The number of fused-ring (bicyclic) bond motifs is 1. The van der Waals surface area contributed by atoms with Gasteiger partial charge in [-0.2, -0.15) is 0 Å². The number of carboxylic acid groups (broad SMARTS) is 1. The van der Waals surface area contributed by atoms with Crippen molar-refractivity contribution in [1.29, 1.82) is 0 Å². The molecule has 1 amide bonds. The van der Waals surface area contributed by atoms with Gasteiger partial charge in [-0.15, -0.1) is 0 Å². The standard InChI is InChI=1S/C17H15NO4/c19-16(20)14-8-4-7-13-9-10-18(15(13)14)17(21)22-11-12-5-2-1-3-6-12/h1-8H,9-11H2,(H,19,20). The van der Waals surface area contributed by atoms with Crippen LogP contribution in [0.1, 0.15) is 21.5 Å². The summed E-state index contributed by atoms with van der Waals surface area (Å²) < 4.78 is 5.30. The second-order valence-corrected chi connectivity index (χ2v) is 5.06. The SMILES string of the molecule is O=C(O)c1cccc2c1N(C(=O)OCc1ccccc1)CC2. The van der Waals surface area contributed by atoms with E-state index in [9.17, 15) is 14.7 Å². The van der Waals surface area contributed by atoms with Crippen LogP contribution in [-0.2, 0) is 17.8 Å². The lowest BCUT2D eigenvalue weighted by Gasteiger charge is -2.18. The average Bonchev–Trinajstić information content (AvgIpc) is 2.97. The molecule has 0 saturated heterocycles. The third-order valence-electron chi connectivity index (χ3n) is 3.65. The third kappa shape index (κ3) is 2.65. The molecule has 0 fully saturated rings. The first kappa shape index (κ1) is 14.1. The molecule has 112 valence electrons. The van der Waals surface area contributed by atoms with Crippen molar-refractivity contribution >= 4 is 17.7 Å². The fraction of sp³-hybridized carbons (Fsp3) is 0.176. The lowest BCUT2D eigenvalue weighted by Crippen LogP contribution is -2.30. The monoisotopic (exact) mass is 297 g/mol. The van der Waals surface area contributed by atoms with Gasteiger partial charge in [-0.25, -0.2) is 9.59 Å². The van der Waals surface area contributed by atoms with E-state index in [0.29, 0.717) is 18.7 Å². The van der Waals surface area contributed by atoms with Gasteiger partial charge < -0.3 is 9.84 Å². The van der Waals surface area contributed by atoms with Crippen LogP contribution in [-0.4, -0.2) is 23.7 Å². The largest absolute Gasteiger partial charge is 0.478 e. The number of para-hydroxylation sites is 1. The number of hydrogen-bond acceptors (Lipinski definition) is 3. The number of carbonyl (C=O) groups is 2. The first-order valence-electron chi connectivity index (χ1n) is 7.00. The maximum atomic E-state index is 12.3. The minimum absolute atomic E-state index is 0.131. The molecule has 1 heterocycles. The van der Waals surface area contributed by atoms with Crippen molar-refractivity contribution in [3.63, 3.8) is 0 Å². The number of carboxylic acids is 1. The van der Waals surface area contributed by atoms with Gasteiger partial charge in [0, 0.05) is 6.54 Å². The van der Waals surface area contributed by atoms with Gasteiger partial charge in [-0.1, -0.05) is 42.5 Å². The number of rotatable bonds is 3. The highest BCUT2D eigenvalue weighted by atomic mass is 16.6. The molecular formula is C17H15NO4. The molecule has 0 atom stereocenters. The molecule has 0 aromatic heterocycles.